The monoisotopic (exact) mass is 419 g/mol. The molecular weight excluding hydrogens is 402 g/mol. The first-order chi connectivity index (χ1) is 15.3. The Labute approximate surface area is 185 Å². The van der Waals surface area contributed by atoms with Gasteiger partial charge < -0.3 is 4.74 Å². The molecule has 148 valence electrons. The molecule has 2 nitrogen and oxygen atoms in total. The van der Waals surface area contributed by atoms with Crippen molar-refractivity contribution in [2.45, 2.75) is 6.10 Å². The summed E-state index contributed by atoms with van der Waals surface area (Å²) >= 11 is 6.44. The predicted molar refractivity (Wildman–Crippen MR) is 127 cm³/mol. The number of benzene rings is 4. The van der Waals surface area contributed by atoms with E-state index in [0.29, 0.717) is 5.02 Å². The van der Waals surface area contributed by atoms with Crippen molar-refractivity contribution in [2.75, 3.05) is 0 Å². The maximum absolute atomic E-state index is 6.61. The van der Waals surface area contributed by atoms with Gasteiger partial charge in [-0.05, 0) is 41.5 Å². The minimum Gasteiger partial charge on any atom is -0.480 e. The van der Waals surface area contributed by atoms with Gasteiger partial charge in [0.2, 0.25) is 0 Å². The van der Waals surface area contributed by atoms with E-state index in [0.717, 1.165) is 50.2 Å². The van der Waals surface area contributed by atoms with E-state index in [9.17, 15) is 0 Å². The third-order valence-corrected chi connectivity index (χ3v) is 6.03. The second-order valence-corrected chi connectivity index (χ2v) is 8.12. The number of nitrogens with zero attached hydrogens (tertiary/aromatic N) is 1. The number of rotatable bonds is 2. The molecule has 6 rings (SSSR count). The van der Waals surface area contributed by atoms with Gasteiger partial charge in [0.05, 0.1) is 11.2 Å². The van der Waals surface area contributed by atoms with E-state index in [2.05, 4.69) is 42.5 Å². The number of hydrogen-bond acceptors (Lipinski definition) is 2. The molecule has 0 saturated heterocycles. The van der Waals surface area contributed by atoms with Crippen LogP contribution in [0.25, 0.3) is 33.3 Å². The highest BCUT2D eigenvalue weighted by atomic mass is 35.5. The minimum absolute atomic E-state index is 0.266. The van der Waals surface area contributed by atoms with Gasteiger partial charge in [-0.3, -0.25) is 0 Å². The Morgan fingerprint density at radius 1 is 0.742 bits per heavy atom. The van der Waals surface area contributed by atoms with Gasteiger partial charge in [-0.15, -0.1) is 0 Å². The molecule has 0 N–H and O–H groups in total. The van der Waals surface area contributed by atoms with Crippen LogP contribution in [-0.4, -0.2) is 4.98 Å². The van der Waals surface area contributed by atoms with Crippen molar-refractivity contribution in [1.82, 2.24) is 4.98 Å². The summed E-state index contributed by atoms with van der Waals surface area (Å²) in [6, 6.07) is 34.8. The largest absolute Gasteiger partial charge is 0.480 e. The highest BCUT2D eigenvalue weighted by Gasteiger charge is 2.32. The molecule has 0 amide bonds. The molecule has 1 aliphatic heterocycles. The molecule has 1 atom stereocenters. The van der Waals surface area contributed by atoms with Crippen molar-refractivity contribution in [2.24, 2.45) is 0 Å². The Bertz CT molecular complexity index is 1410. The van der Waals surface area contributed by atoms with Crippen molar-refractivity contribution in [3.63, 3.8) is 0 Å². The summed E-state index contributed by atoms with van der Waals surface area (Å²) in [6.45, 7) is 0. The molecule has 0 aliphatic carbocycles. The predicted octanol–water partition coefficient (Wildman–Crippen LogP) is 7.70. The number of aromatic nitrogens is 1. The quantitative estimate of drug-likeness (QED) is 0.292. The SMILES string of the molecule is Clc1ccc2nc3c(c(-c4ccccc4)c2c1)[C@@H](c1ccccc1)Oc1ccccc1-3. The number of fused-ring (bicyclic) bond motifs is 4. The highest BCUT2D eigenvalue weighted by Crippen LogP contribution is 2.49. The first-order valence-electron chi connectivity index (χ1n) is 10.3. The fourth-order valence-corrected chi connectivity index (χ4v) is 4.61. The van der Waals surface area contributed by atoms with E-state index in [1.807, 2.05) is 60.7 Å². The number of pyridine rings is 1. The van der Waals surface area contributed by atoms with Gasteiger partial charge in [0.15, 0.2) is 6.10 Å². The van der Waals surface area contributed by atoms with Gasteiger partial charge in [0, 0.05) is 27.1 Å². The molecule has 0 radical (unpaired) electrons. The minimum atomic E-state index is -0.266. The third-order valence-electron chi connectivity index (χ3n) is 5.80. The molecule has 3 heteroatoms. The van der Waals surface area contributed by atoms with Crippen LogP contribution in [0.15, 0.2) is 103 Å². The standard InChI is InChI=1S/C28H18ClNO/c29-20-15-16-23-22(17-20)25(18-9-3-1-4-10-18)26-27(30-23)21-13-7-8-14-24(21)31-28(26)19-11-5-2-6-12-19/h1-17,28H/t28-/m1/s1. The van der Waals surface area contributed by atoms with E-state index < -0.39 is 0 Å². The lowest BCUT2D eigenvalue weighted by Gasteiger charge is -2.31. The van der Waals surface area contributed by atoms with Crippen LogP contribution in [0.4, 0.5) is 0 Å². The van der Waals surface area contributed by atoms with Crippen LogP contribution < -0.4 is 4.74 Å². The fourth-order valence-electron chi connectivity index (χ4n) is 4.44. The maximum Gasteiger partial charge on any atom is 0.152 e. The zero-order chi connectivity index (χ0) is 20.8. The Hall–Kier alpha value is -3.62. The summed E-state index contributed by atoms with van der Waals surface area (Å²) in [4.78, 5) is 5.12. The lowest BCUT2D eigenvalue weighted by Crippen LogP contribution is -2.18. The van der Waals surface area contributed by atoms with Gasteiger partial charge in [0.25, 0.3) is 0 Å². The normalized spacial score (nSPS) is 14.5. The van der Waals surface area contributed by atoms with E-state index in [1.165, 1.54) is 0 Å². The van der Waals surface area contributed by atoms with Gasteiger partial charge in [-0.1, -0.05) is 84.4 Å². The fraction of sp³-hybridized carbons (Fsp3) is 0.0357. The second kappa shape index (κ2) is 7.26. The molecule has 31 heavy (non-hydrogen) atoms. The summed E-state index contributed by atoms with van der Waals surface area (Å²) in [5.41, 5.74) is 7.31. The van der Waals surface area contributed by atoms with E-state index in [1.54, 1.807) is 0 Å². The Morgan fingerprint density at radius 3 is 2.26 bits per heavy atom. The first-order valence-corrected chi connectivity index (χ1v) is 10.7. The second-order valence-electron chi connectivity index (χ2n) is 7.68. The summed E-state index contributed by atoms with van der Waals surface area (Å²) in [5, 5.41) is 1.72. The number of hydrogen-bond donors (Lipinski definition) is 0. The molecule has 0 fully saturated rings. The van der Waals surface area contributed by atoms with Crippen LogP contribution in [0.1, 0.15) is 17.2 Å². The van der Waals surface area contributed by atoms with Gasteiger partial charge in [0.1, 0.15) is 5.75 Å². The molecule has 1 aliphatic rings. The number of para-hydroxylation sites is 1. The summed E-state index contributed by atoms with van der Waals surface area (Å²) in [6.07, 6.45) is -0.266. The smallest absolute Gasteiger partial charge is 0.152 e. The van der Waals surface area contributed by atoms with Crippen LogP contribution >= 0.6 is 11.6 Å². The van der Waals surface area contributed by atoms with Crippen LogP contribution in [-0.2, 0) is 0 Å². The van der Waals surface area contributed by atoms with E-state index in [-0.39, 0.29) is 6.10 Å². The summed E-state index contributed by atoms with van der Waals surface area (Å²) in [7, 11) is 0. The van der Waals surface area contributed by atoms with Gasteiger partial charge >= 0.3 is 0 Å². The van der Waals surface area contributed by atoms with Crippen molar-refractivity contribution >= 4 is 22.5 Å². The maximum atomic E-state index is 6.61. The summed E-state index contributed by atoms with van der Waals surface area (Å²) in [5.74, 6) is 0.851. The van der Waals surface area contributed by atoms with Crippen LogP contribution in [0.5, 0.6) is 5.75 Å². The van der Waals surface area contributed by atoms with Crippen LogP contribution in [0.2, 0.25) is 5.02 Å². The van der Waals surface area contributed by atoms with Crippen LogP contribution in [0, 0.1) is 0 Å². The topological polar surface area (TPSA) is 22.1 Å². The molecule has 0 unspecified atom stereocenters. The summed E-state index contributed by atoms with van der Waals surface area (Å²) < 4.78 is 6.61. The molecule has 0 saturated carbocycles. The molecule has 5 aromatic rings. The van der Waals surface area contributed by atoms with E-state index >= 15 is 0 Å². The molecule has 0 bridgehead atoms. The first kappa shape index (κ1) is 18.2. The molecular formula is C28H18ClNO. The Balaban J connectivity index is 1.78. The van der Waals surface area contributed by atoms with Crippen molar-refractivity contribution < 1.29 is 4.74 Å². The molecule has 4 aromatic carbocycles. The zero-order valence-corrected chi connectivity index (χ0v) is 17.4. The van der Waals surface area contributed by atoms with Crippen LogP contribution in [0.3, 0.4) is 0 Å². The van der Waals surface area contributed by atoms with Crippen molar-refractivity contribution in [3.8, 4) is 28.1 Å². The number of ether oxygens (including phenoxy) is 1. The lowest BCUT2D eigenvalue weighted by atomic mass is 9.85. The highest BCUT2D eigenvalue weighted by molar-refractivity contribution is 6.31. The number of halogens is 1. The average molecular weight is 420 g/mol. The lowest BCUT2D eigenvalue weighted by molar-refractivity contribution is 0.243. The zero-order valence-electron chi connectivity index (χ0n) is 16.6. The van der Waals surface area contributed by atoms with Crippen molar-refractivity contribution in [1.29, 1.82) is 0 Å². The average Bonchev–Trinajstić information content (AvgIpc) is 2.83. The molecule has 0 spiro atoms. The molecule has 2 heterocycles. The van der Waals surface area contributed by atoms with Gasteiger partial charge in [-0.2, -0.15) is 0 Å². The Kier molecular flexibility index (Phi) is 4.26. The Morgan fingerprint density at radius 2 is 1.45 bits per heavy atom. The third kappa shape index (κ3) is 2.99. The van der Waals surface area contributed by atoms with Crippen molar-refractivity contribution in [3.05, 3.63) is 119 Å². The van der Waals surface area contributed by atoms with Gasteiger partial charge in [-0.25, -0.2) is 4.98 Å². The molecule has 1 aromatic heterocycles. The van der Waals surface area contributed by atoms with E-state index in [4.69, 9.17) is 21.3 Å².